The average Bonchev–Trinajstić information content (AvgIpc) is 3.10. The lowest BCUT2D eigenvalue weighted by Gasteiger charge is -2.25. The molecule has 3 unspecified atom stereocenters. The van der Waals surface area contributed by atoms with Gasteiger partial charge < -0.3 is 14.8 Å². The van der Waals surface area contributed by atoms with Gasteiger partial charge in [0.2, 0.25) is 5.91 Å². The van der Waals surface area contributed by atoms with Crippen LogP contribution in [0.15, 0.2) is 64.5 Å². The molecule has 1 aromatic carbocycles. The van der Waals surface area contributed by atoms with Crippen molar-refractivity contribution in [2.45, 2.75) is 111 Å². The van der Waals surface area contributed by atoms with E-state index in [1.165, 1.54) is 44.1 Å². The number of rotatable bonds is 11. The Kier molecular flexibility index (Phi) is 13.4. The number of ether oxygens (including phenoxy) is 2. The number of amides is 1. The van der Waals surface area contributed by atoms with Crippen LogP contribution in [0.1, 0.15) is 110 Å². The fourth-order valence-corrected chi connectivity index (χ4v) is 6.48. The molecule has 1 fully saturated rings. The van der Waals surface area contributed by atoms with Crippen molar-refractivity contribution in [2.24, 2.45) is 22.7 Å². The van der Waals surface area contributed by atoms with Crippen LogP contribution in [0.4, 0.5) is 0 Å². The van der Waals surface area contributed by atoms with Crippen molar-refractivity contribution in [3.8, 4) is 5.75 Å². The van der Waals surface area contributed by atoms with E-state index in [9.17, 15) is 4.79 Å². The molecule has 0 aromatic heterocycles. The van der Waals surface area contributed by atoms with Crippen molar-refractivity contribution in [3.05, 3.63) is 65.0 Å². The Labute approximate surface area is 254 Å². The molecule has 1 amide bonds. The first-order valence-electron chi connectivity index (χ1n) is 16.8. The zero-order valence-electron chi connectivity index (χ0n) is 26.5. The molecule has 1 saturated heterocycles. The minimum absolute atomic E-state index is 0.0288. The molecule has 0 aliphatic carbocycles. The van der Waals surface area contributed by atoms with Crippen molar-refractivity contribution in [3.63, 3.8) is 0 Å². The van der Waals surface area contributed by atoms with Gasteiger partial charge in [0.1, 0.15) is 5.75 Å². The molecule has 3 heterocycles. The highest BCUT2D eigenvalue weighted by atomic mass is 16.5. The van der Waals surface area contributed by atoms with Crippen LogP contribution in [-0.2, 0) is 16.0 Å². The molecule has 230 valence electrons. The van der Waals surface area contributed by atoms with Gasteiger partial charge in [-0.1, -0.05) is 63.0 Å². The van der Waals surface area contributed by atoms with Gasteiger partial charge in [-0.15, -0.1) is 0 Å². The summed E-state index contributed by atoms with van der Waals surface area (Å²) in [6.07, 6.45) is 22.0. The lowest BCUT2D eigenvalue weighted by atomic mass is 9.86. The Morgan fingerprint density at radius 1 is 1.02 bits per heavy atom. The van der Waals surface area contributed by atoms with Crippen LogP contribution >= 0.6 is 0 Å². The van der Waals surface area contributed by atoms with Gasteiger partial charge in [0, 0.05) is 25.0 Å². The third kappa shape index (κ3) is 10.9. The molecule has 1 N–H and O–H groups in total. The van der Waals surface area contributed by atoms with Gasteiger partial charge >= 0.3 is 0 Å². The molecular formula is C37H54N2O3. The van der Waals surface area contributed by atoms with E-state index in [1.807, 2.05) is 0 Å². The summed E-state index contributed by atoms with van der Waals surface area (Å²) in [7, 11) is 0. The minimum atomic E-state index is -0.0288. The summed E-state index contributed by atoms with van der Waals surface area (Å²) in [4.78, 5) is 17.8. The van der Waals surface area contributed by atoms with Crippen molar-refractivity contribution in [2.75, 3.05) is 19.8 Å². The number of carbonyl (C=O) groups is 1. The molecule has 0 radical (unpaired) electrons. The first-order chi connectivity index (χ1) is 20.5. The van der Waals surface area contributed by atoms with Gasteiger partial charge in [-0.25, -0.2) is 0 Å². The summed E-state index contributed by atoms with van der Waals surface area (Å²) in [6, 6.07) is 8.68. The molecule has 0 saturated carbocycles. The molecule has 0 spiro atoms. The Hall–Kier alpha value is -2.66. The number of hydrogen-bond acceptors (Lipinski definition) is 4. The fourth-order valence-electron chi connectivity index (χ4n) is 6.48. The monoisotopic (exact) mass is 574 g/mol. The van der Waals surface area contributed by atoms with Gasteiger partial charge in [-0.05, 0) is 113 Å². The number of carbonyl (C=O) groups excluding carboxylic acids is 1. The Morgan fingerprint density at radius 3 is 2.67 bits per heavy atom. The van der Waals surface area contributed by atoms with E-state index in [2.05, 4.69) is 62.5 Å². The predicted molar refractivity (Wildman–Crippen MR) is 174 cm³/mol. The molecule has 5 heteroatoms. The van der Waals surface area contributed by atoms with Crippen molar-refractivity contribution in [1.29, 1.82) is 0 Å². The summed E-state index contributed by atoms with van der Waals surface area (Å²) in [5, 5.41) is 3.13. The molecule has 4 rings (SSSR count). The lowest BCUT2D eigenvalue weighted by Crippen LogP contribution is -2.31. The van der Waals surface area contributed by atoms with Crippen LogP contribution in [0.2, 0.25) is 0 Å². The number of allylic oxidation sites excluding steroid dienone is 5. The summed E-state index contributed by atoms with van der Waals surface area (Å²) in [6.45, 7) is 9.19. The molecule has 3 aliphatic heterocycles. The third-order valence-electron chi connectivity index (χ3n) is 9.00. The molecule has 1 aromatic rings. The number of nitrogens with one attached hydrogen (secondary N) is 1. The van der Waals surface area contributed by atoms with Crippen LogP contribution in [0.25, 0.3) is 0 Å². The summed E-state index contributed by atoms with van der Waals surface area (Å²) in [5.74, 6) is 2.49. The fraction of sp³-hybridized carbons (Fsp3) is 0.622. The Balaban J connectivity index is 1.26. The van der Waals surface area contributed by atoms with E-state index in [4.69, 9.17) is 14.5 Å². The topological polar surface area (TPSA) is 59.9 Å². The first-order valence-corrected chi connectivity index (χ1v) is 16.8. The maximum Gasteiger partial charge on any atom is 0.248 e. The largest absolute Gasteiger partial charge is 0.494 e. The standard InChI is InChI=1S/C37H54N2O3/c1-4-10-32-27-36-35(39-37(40)26-29(32)3)25-28(2)16-19-33(38-36)15-7-12-31-17-20-34(21-18-31)42-24-9-14-30-11-5-6-22-41-23-8-13-30/h17-21,25-26,28,30,32H,4-16,22-24,27H2,1-3H3,(H,39,40). The third-order valence-corrected chi connectivity index (χ3v) is 9.00. The maximum atomic E-state index is 12.7. The van der Waals surface area contributed by atoms with Crippen LogP contribution in [0, 0.1) is 17.8 Å². The van der Waals surface area contributed by atoms with E-state index in [1.54, 1.807) is 6.08 Å². The van der Waals surface area contributed by atoms with Crippen LogP contribution in [0.3, 0.4) is 0 Å². The number of nitrogens with zero attached hydrogens (tertiary/aromatic N) is 1. The van der Waals surface area contributed by atoms with Gasteiger partial charge in [0.25, 0.3) is 0 Å². The van der Waals surface area contributed by atoms with Gasteiger partial charge in [-0.3, -0.25) is 9.79 Å². The number of benzene rings is 1. The highest BCUT2D eigenvalue weighted by Crippen LogP contribution is 2.28. The normalized spacial score (nSPS) is 24.0. The summed E-state index contributed by atoms with van der Waals surface area (Å²) < 4.78 is 11.7. The van der Waals surface area contributed by atoms with E-state index in [0.717, 1.165) is 106 Å². The van der Waals surface area contributed by atoms with Gasteiger partial charge in [-0.2, -0.15) is 0 Å². The quantitative estimate of drug-likeness (QED) is 0.269. The average molecular weight is 575 g/mol. The maximum absolute atomic E-state index is 12.7. The smallest absolute Gasteiger partial charge is 0.248 e. The van der Waals surface area contributed by atoms with Crippen LogP contribution < -0.4 is 10.1 Å². The molecule has 42 heavy (non-hydrogen) atoms. The number of aliphatic imine (C=N–C) groups is 1. The van der Waals surface area contributed by atoms with Crippen LogP contribution in [0.5, 0.6) is 5.75 Å². The highest BCUT2D eigenvalue weighted by Gasteiger charge is 2.23. The molecular weight excluding hydrogens is 520 g/mol. The van der Waals surface area contributed by atoms with E-state index in [-0.39, 0.29) is 5.91 Å². The SMILES string of the molecule is CCCC1CC2=NC(CCCc3ccc(OCCCC4CCCCOCCC4)cc3)=CCC(C)C=C2NC(=O)C=C1C. The second kappa shape index (κ2) is 17.5. The van der Waals surface area contributed by atoms with Crippen LogP contribution in [-0.4, -0.2) is 31.4 Å². The van der Waals surface area contributed by atoms with E-state index >= 15 is 0 Å². The first kappa shape index (κ1) is 32.3. The zero-order valence-corrected chi connectivity index (χ0v) is 26.5. The van der Waals surface area contributed by atoms with E-state index < -0.39 is 0 Å². The second-order valence-corrected chi connectivity index (χ2v) is 12.7. The highest BCUT2D eigenvalue weighted by molar-refractivity contribution is 6.06. The van der Waals surface area contributed by atoms with Gasteiger partial charge in [0.15, 0.2) is 0 Å². The van der Waals surface area contributed by atoms with Crippen molar-refractivity contribution >= 4 is 11.6 Å². The minimum Gasteiger partial charge on any atom is -0.494 e. The zero-order chi connectivity index (χ0) is 29.6. The molecule has 5 nitrogen and oxygen atoms in total. The van der Waals surface area contributed by atoms with Gasteiger partial charge in [0.05, 0.1) is 18.0 Å². The summed E-state index contributed by atoms with van der Waals surface area (Å²) >= 11 is 0. The molecule has 3 atom stereocenters. The second-order valence-electron chi connectivity index (χ2n) is 12.7. The summed E-state index contributed by atoms with van der Waals surface area (Å²) in [5.41, 5.74) is 5.60. The number of aryl methyl sites for hydroxylation is 1. The van der Waals surface area contributed by atoms with E-state index in [0.29, 0.717) is 11.8 Å². The van der Waals surface area contributed by atoms with Crippen molar-refractivity contribution < 1.29 is 14.3 Å². The molecule has 3 aliphatic rings. The Morgan fingerprint density at radius 2 is 1.83 bits per heavy atom. The number of fused-ring (bicyclic) bond motifs is 1. The lowest BCUT2D eigenvalue weighted by molar-refractivity contribution is -0.115. The molecule has 0 bridgehead atoms. The number of hydrogen-bond donors (Lipinski definition) is 1. The predicted octanol–water partition coefficient (Wildman–Crippen LogP) is 8.90. The Bertz CT molecular complexity index is 1100. The van der Waals surface area contributed by atoms with Crippen molar-refractivity contribution in [1.82, 2.24) is 5.32 Å².